The number of hydrogen-bond donors (Lipinski definition) is 1. The van der Waals surface area contributed by atoms with E-state index in [1.54, 1.807) is 6.08 Å². The van der Waals surface area contributed by atoms with Crippen LogP contribution in [0.3, 0.4) is 0 Å². The molecule has 34 heavy (non-hydrogen) atoms. The Kier molecular flexibility index (Phi) is 5.68. The van der Waals surface area contributed by atoms with Gasteiger partial charge in [-0.15, -0.1) is 0 Å². The summed E-state index contributed by atoms with van der Waals surface area (Å²) in [6.45, 7) is 2.75. The highest BCUT2D eigenvalue weighted by molar-refractivity contribution is 6.11. The lowest BCUT2D eigenvalue weighted by molar-refractivity contribution is -0.112. The van der Waals surface area contributed by atoms with Crippen LogP contribution in [0.4, 0.5) is 5.69 Å². The Morgan fingerprint density at radius 1 is 0.912 bits per heavy atom. The van der Waals surface area contributed by atoms with Gasteiger partial charge in [0.05, 0.1) is 0 Å². The smallest absolute Gasteiger partial charge is 0.266 e. The number of hydrogen-bond acceptors (Lipinski definition) is 2. The van der Waals surface area contributed by atoms with E-state index >= 15 is 0 Å². The van der Waals surface area contributed by atoms with Crippen molar-refractivity contribution in [2.24, 2.45) is 0 Å². The highest BCUT2D eigenvalue weighted by Crippen LogP contribution is 2.29. The molecular weight excluding hydrogens is 418 g/mol. The summed E-state index contributed by atoms with van der Waals surface area (Å²) in [7, 11) is 0. The maximum absolute atomic E-state index is 13.0. The van der Waals surface area contributed by atoms with E-state index in [4.69, 9.17) is 0 Å². The largest absolute Gasteiger partial charge is 0.340 e. The molecule has 0 saturated carbocycles. The molecule has 0 aliphatic carbocycles. The third-order valence-electron chi connectivity index (χ3n) is 6.12. The van der Waals surface area contributed by atoms with Crippen LogP contribution < -0.4 is 5.32 Å². The van der Waals surface area contributed by atoms with Gasteiger partial charge in [0.2, 0.25) is 0 Å². The third-order valence-corrected chi connectivity index (χ3v) is 6.12. The van der Waals surface area contributed by atoms with Gasteiger partial charge in [0.15, 0.2) is 0 Å². The van der Waals surface area contributed by atoms with Crippen LogP contribution >= 0.6 is 0 Å². The fourth-order valence-electron chi connectivity index (χ4n) is 4.37. The first-order valence-electron chi connectivity index (χ1n) is 11.2. The second kappa shape index (κ2) is 9.09. The average Bonchev–Trinajstić information content (AvgIpc) is 3.13. The van der Waals surface area contributed by atoms with Crippen LogP contribution in [0.5, 0.6) is 0 Å². The number of anilines is 1. The van der Waals surface area contributed by atoms with Crippen LogP contribution in [-0.4, -0.2) is 10.5 Å². The van der Waals surface area contributed by atoms with Crippen molar-refractivity contribution < 1.29 is 4.79 Å². The zero-order chi connectivity index (χ0) is 23.5. The minimum Gasteiger partial charge on any atom is -0.340 e. The number of fused-ring (bicyclic) bond motifs is 2. The van der Waals surface area contributed by atoms with Gasteiger partial charge in [-0.2, -0.15) is 5.26 Å². The molecule has 0 atom stereocenters. The van der Waals surface area contributed by atoms with Crippen LogP contribution in [0, 0.1) is 18.3 Å². The number of rotatable bonds is 5. The van der Waals surface area contributed by atoms with Gasteiger partial charge in [0.1, 0.15) is 11.6 Å². The third kappa shape index (κ3) is 4.07. The van der Waals surface area contributed by atoms with Gasteiger partial charge in [-0.05, 0) is 47.5 Å². The first-order valence-corrected chi connectivity index (χ1v) is 11.2. The molecule has 0 radical (unpaired) electrons. The molecule has 5 aromatic rings. The Morgan fingerprint density at radius 2 is 1.62 bits per heavy atom. The molecule has 0 aliphatic heterocycles. The van der Waals surface area contributed by atoms with Crippen molar-refractivity contribution in [2.75, 3.05) is 5.32 Å². The number of carbonyl (C=O) groups excluding carboxylic acids is 1. The van der Waals surface area contributed by atoms with Gasteiger partial charge in [0.25, 0.3) is 5.91 Å². The molecule has 0 unspecified atom stereocenters. The van der Waals surface area contributed by atoms with Crippen LogP contribution in [0.15, 0.2) is 103 Å². The van der Waals surface area contributed by atoms with Gasteiger partial charge < -0.3 is 9.88 Å². The summed E-state index contributed by atoms with van der Waals surface area (Å²) in [6.07, 6.45) is 1.70. The monoisotopic (exact) mass is 441 g/mol. The number of nitrogens with one attached hydrogen (secondary N) is 1. The van der Waals surface area contributed by atoms with Crippen LogP contribution in [-0.2, 0) is 11.3 Å². The molecule has 164 valence electrons. The van der Waals surface area contributed by atoms with Crippen molar-refractivity contribution in [1.82, 2.24) is 4.57 Å². The topological polar surface area (TPSA) is 57.8 Å². The summed E-state index contributed by atoms with van der Waals surface area (Å²) in [5.74, 6) is -0.419. The van der Waals surface area contributed by atoms with Crippen molar-refractivity contribution in [2.45, 2.75) is 13.5 Å². The average molecular weight is 442 g/mol. The van der Waals surface area contributed by atoms with Crippen LogP contribution in [0.25, 0.3) is 27.8 Å². The summed E-state index contributed by atoms with van der Waals surface area (Å²) in [6, 6.07) is 34.1. The molecule has 0 saturated heterocycles. The minimum absolute atomic E-state index is 0.0684. The molecule has 0 spiro atoms. The second-order valence-corrected chi connectivity index (χ2v) is 8.27. The Labute approximate surface area is 198 Å². The summed E-state index contributed by atoms with van der Waals surface area (Å²) in [5, 5.41) is 15.9. The highest BCUT2D eigenvalue weighted by atomic mass is 16.1. The number of aromatic nitrogens is 1. The van der Waals surface area contributed by atoms with Gasteiger partial charge >= 0.3 is 0 Å². The Bertz CT molecular complexity index is 1590. The molecule has 4 aromatic carbocycles. The maximum atomic E-state index is 13.0. The van der Waals surface area contributed by atoms with E-state index in [0.717, 1.165) is 32.9 Å². The SMILES string of the molecule is Cc1c(/C=C(/C#N)C(=O)Nc2ccc3ccccc3c2)c2ccccc2n1Cc1ccccc1. The molecule has 1 heterocycles. The number of amides is 1. The lowest BCUT2D eigenvalue weighted by atomic mass is 10.1. The van der Waals surface area contributed by atoms with E-state index in [1.807, 2.05) is 85.8 Å². The summed E-state index contributed by atoms with van der Waals surface area (Å²) >= 11 is 0. The van der Waals surface area contributed by atoms with Crippen LogP contribution in [0.1, 0.15) is 16.8 Å². The second-order valence-electron chi connectivity index (χ2n) is 8.27. The number of benzene rings is 4. The quantitative estimate of drug-likeness (QED) is 0.244. The Morgan fingerprint density at radius 3 is 2.41 bits per heavy atom. The van der Waals surface area contributed by atoms with Gasteiger partial charge in [-0.25, -0.2) is 0 Å². The Balaban J connectivity index is 1.51. The van der Waals surface area contributed by atoms with E-state index in [0.29, 0.717) is 12.2 Å². The number of nitrogens with zero attached hydrogens (tertiary/aromatic N) is 2. The van der Waals surface area contributed by atoms with Crippen molar-refractivity contribution in [3.8, 4) is 6.07 Å². The van der Waals surface area contributed by atoms with Gasteiger partial charge in [0, 0.05) is 34.4 Å². The number of para-hydroxylation sites is 1. The molecule has 0 fully saturated rings. The predicted octanol–water partition coefficient (Wildman–Crippen LogP) is 6.70. The zero-order valence-corrected chi connectivity index (χ0v) is 18.8. The van der Waals surface area contributed by atoms with Gasteiger partial charge in [-0.3, -0.25) is 4.79 Å². The maximum Gasteiger partial charge on any atom is 0.266 e. The lowest BCUT2D eigenvalue weighted by Gasteiger charge is -2.09. The molecule has 0 aliphatic rings. The van der Waals surface area contributed by atoms with Crippen molar-refractivity contribution >= 4 is 39.3 Å². The normalized spacial score (nSPS) is 11.5. The number of carbonyl (C=O) groups is 1. The lowest BCUT2D eigenvalue weighted by Crippen LogP contribution is -2.13. The first-order chi connectivity index (χ1) is 16.6. The molecule has 1 amide bonds. The van der Waals surface area contributed by atoms with Gasteiger partial charge in [-0.1, -0.05) is 78.9 Å². The molecule has 1 aromatic heterocycles. The predicted molar refractivity (Wildman–Crippen MR) is 138 cm³/mol. The molecular formula is C30H23N3O. The molecule has 1 N–H and O–H groups in total. The van der Waals surface area contributed by atoms with E-state index in [-0.39, 0.29) is 5.57 Å². The Hall–Kier alpha value is -4.62. The molecule has 0 bridgehead atoms. The fourth-order valence-corrected chi connectivity index (χ4v) is 4.37. The summed E-state index contributed by atoms with van der Waals surface area (Å²) in [4.78, 5) is 13.0. The molecule has 4 heteroatoms. The summed E-state index contributed by atoms with van der Waals surface area (Å²) in [5.41, 5.74) is 4.89. The van der Waals surface area contributed by atoms with E-state index in [9.17, 15) is 10.1 Å². The fraction of sp³-hybridized carbons (Fsp3) is 0.0667. The first kappa shape index (κ1) is 21.2. The minimum atomic E-state index is -0.419. The molecule has 4 nitrogen and oxygen atoms in total. The van der Waals surface area contributed by atoms with Crippen LogP contribution in [0.2, 0.25) is 0 Å². The zero-order valence-electron chi connectivity index (χ0n) is 18.8. The number of nitriles is 1. The van der Waals surface area contributed by atoms with Crippen molar-refractivity contribution in [1.29, 1.82) is 5.26 Å². The highest BCUT2D eigenvalue weighted by Gasteiger charge is 2.16. The molecule has 5 rings (SSSR count). The van der Waals surface area contributed by atoms with E-state index in [2.05, 4.69) is 34.2 Å². The van der Waals surface area contributed by atoms with E-state index in [1.165, 1.54) is 5.56 Å². The van der Waals surface area contributed by atoms with Crippen molar-refractivity contribution in [3.63, 3.8) is 0 Å². The standard InChI is InChI=1S/C30H23N3O/c1-21-28(27-13-7-8-14-29(27)33(21)20-22-9-3-2-4-10-22)18-25(19-31)30(34)32-26-16-15-23-11-5-6-12-24(23)17-26/h2-18H,20H2,1H3,(H,32,34)/b25-18-. The van der Waals surface area contributed by atoms with E-state index < -0.39 is 5.91 Å². The summed E-state index contributed by atoms with van der Waals surface area (Å²) < 4.78 is 2.23. The van der Waals surface area contributed by atoms with Crippen molar-refractivity contribution in [3.05, 3.63) is 119 Å².